The topological polar surface area (TPSA) is 51.7 Å². The first-order valence-corrected chi connectivity index (χ1v) is 6.74. The standard InChI is InChI=1S/C11H17ClN2O3S/c1-5-14(7(2)6-16-3)11-13-9(12)8(18-11)10(15)17-4/h7H,5-6H2,1-4H3. The van der Waals surface area contributed by atoms with Crippen molar-refractivity contribution in [2.24, 2.45) is 0 Å². The highest BCUT2D eigenvalue weighted by Crippen LogP contribution is 2.31. The summed E-state index contributed by atoms with van der Waals surface area (Å²) < 4.78 is 9.78. The molecule has 0 saturated heterocycles. The van der Waals surface area contributed by atoms with Crippen LogP contribution in [-0.2, 0) is 9.47 Å². The lowest BCUT2D eigenvalue weighted by Crippen LogP contribution is -2.36. The number of aromatic nitrogens is 1. The molecule has 0 aliphatic carbocycles. The average molecular weight is 293 g/mol. The van der Waals surface area contributed by atoms with Crippen LogP contribution in [0, 0.1) is 0 Å². The smallest absolute Gasteiger partial charge is 0.351 e. The molecule has 5 nitrogen and oxygen atoms in total. The van der Waals surface area contributed by atoms with Crippen molar-refractivity contribution in [1.29, 1.82) is 0 Å². The molecule has 1 aromatic rings. The van der Waals surface area contributed by atoms with Gasteiger partial charge in [-0.15, -0.1) is 0 Å². The van der Waals surface area contributed by atoms with Crippen LogP contribution in [0.15, 0.2) is 0 Å². The van der Waals surface area contributed by atoms with E-state index in [-0.39, 0.29) is 11.2 Å². The van der Waals surface area contributed by atoms with Crippen LogP contribution in [0.1, 0.15) is 23.5 Å². The van der Waals surface area contributed by atoms with E-state index in [1.807, 2.05) is 18.7 Å². The first-order valence-electron chi connectivity index (χ1n) is 5.55. The van der Waals surface area contributed by atoms with Crippen LogP contribution in [0.4, 0.5) is 5.13 Å². The van der Waals surface area contributed by atoms with E-state index in [1.165, 1.54) is 18.4 Å². The summed E-state index contributed by atoms with van der Waals surface area (Å²) in [6.07, 6.45) is 0. The summed E-state index contributed by atoms with van der Waals surface area (Å²) in [7, 11) is 2.97. The molecule has 1 rings (SSSR count). The van der Waals surface area contributed by atoms with Crippen molar-refractivity contribution in [2.75, 3.05) is 32.3 Å². The van der Waals surface area contributed by atoms with Crippen molar-refractivity contribution in [2.45, 2.75) is 19.9 Å². The molecule has 18 heavy (non-hydrogen) atoms. The fourth-order valence-electron chi connectivity index (χ4n) is 1.60. The lowest BCUT2D eigenvalue weighted by Gasteiger charge is -2.26. The molecule has 102 valence electrons. The van der Waals surface area contributed by atoms with Gasteiger partial charge in [-0.05, 0) is 13.8 Å². The molecule has 0 radical (unpaired) electrons. The van der Waals surface area contributed by atoms with Crippen molar-refractivity contribution in [3.8, 4) is 0 Å². The van der Waals surface area contributed by atoms with Gasteiger partial charge >= 0.3 is 5.97 Å². The van der Waals surface area contributed by atoms with Crippen molar-refractivity contribution in [1.82, 2.24) is 4.98 Å². The summed E-state index contributed by atoms with van der Waals surface area (Å²) in [5.74, 6) is -0.459. The summed E-state index contributed by atoms with van der Waals surface area (Å²) >= 11 is 7.17. The second kappa shape index (κ2) is 6.92. The fraction of sp³-hybridized carbons (Fsp3) is 0.636. The molecule has 0 aromatic carbocycles. The van der Waals surface area contributed by atoms with Crippen molar-refractivity contribution in [3.05, 3.63) is 10.0 Å². The molecule has 0 saturated carbocycles. The third kappa shape index (κ3) is 3.34. The predicted molar refractivity (Wildman–Crippen MR) is 72.8 cm³/mol. The van der Waals surface area contributed by atoms with Gasteiger partial charge in [0.1, 0.15) is 0 Å². The lowest BCUT2D eigenvalue weighted by molar-refractivity contribution is 0.0606. The monoisotopic (exact) mass is 292 g/mol. The first kappa shape index (κ1) is 15.2. The molecule has 1 atom stereocenters. The zero-order valence-electron chi connectivity index (χ0n) is 10.9. The highest BCUT2D eigenvalue weighted by atomic mass is 35.5. The molecule has 0 spiro atoms. The summed E-state index contributed by atoms with van der Waals surface area (Å²) in [6.45, 7) is 5.38. The van der Waals surface area contributed by atoms with Crippen LogP contribution < -0.4 is 4.90 Å². The van der Waals surface area contributed by atoms with Crippen LogP contribution in [0.3, 0.4) is 0 Å². The van der Waals surface area contributed by atoms with E-state index in [0.717, 1.165) is 6.54 Å². The predicted octanol–water partition coefficient (Wildman–Crippen LogP) is 2.44. The second-order valence-electron chi connectivity index (χ2n) is 3.70. The molecule has 0 fully saturated rings. The van der Waals surface area contributed by atoms with Gasteiger partial charge < -0.3 is 14.4 Å². The minimum atomic E-state index is -0.459. The molecule has 0 amide bonds. The highest BCUT2D eigenvalue weighted by molar-refractivity contribution is 7.18. The van der Waals surface area contributed by atoms with E-state index in [2.05, 4.69) is 9.72 Å². The van der Waals surface area contributed by atoms with Crippen molar-refractivity contribution in [3.63, 3.8) is 0 Å². The maximum Gasteiger partial charge on any atom is 0.351 e. The van der Waals surface area contributed by atoms with Gasteiger partial charge in [0.15, 0.2) is 15.2 Å². The molecule has 7 heteroatoms. The zero-order valence-corrected chi connectivity index (χ0v) is 12.5. The summed E-state index contributed by atoms with van der Waals surface area (Å²) in [4.78, 5) is 18.0. The fourth-order valence-corrected chi connectivity index (χ4v) is 2.96. The number of hydrogen-bond donors (Lipinski definition) is 0. The second-order valence-corrected chi connectivity index (χ2v) is 5.03. The van der Waals surface area contributed by atoms with Crippen molar-refractivity contribution < 1.29 is 14.3 Å². The maximum absolute atomic E-state index is 11.5. The number of anilines is 1. The first-order chi connectivity index (χ1) is 8.54. The highest BCUT2D eigenvalue weighted by Gasteiger charge is 2.22. The number of halogens is 1. The third-order valence-corrected chi connectivity index (χ3v) is 3.93. The van der Waals surface area contributed by atoms with Gasteiger partial charge in [-0.2, -0.15) is 0 Å². The Morgan fingerprint density at radius 1 is 1.56 bits per heavy atom. The van der Waals surface area contributed by atoms with Gasteiger partial charge in [-0.25, -0.2) is 9.78 Å². The normalized spacial score (nSPS) is 12.3. The molecular weight excluding hydrogens is 276 g/mol. The minimum Gasteiger partial charge on any atom is -0.465 e. The largest absolute Gasteiger partial charge is 0.465 e. The minimum absolute atomic E-state index is 0.160. The van der Waals surface area contributed by atoms with Gasteiger partial charge in [-0.1, -0.05) is 22.9 Å². The van der Waals surface area contributed by atoms with Crippen LogP contribution in [0.25, 0.3) is 0 Å². The Balaban J connectivity index is 2.97. The quantitative estimate of drug-likeness (QED) is 0.754. The Kier molecular flexibility index (Phi) is 5.84. The van der Waals surface area contributed by atoms with Gasteiger partial charge in [0, 0.05) is 13.7 Å². The van der Waals surface area contributed by atoms with E-state index in [0.29, 0.717) is 16.6 Å². The molecule has 1 aromatic heterocycles. The molecule has 0 aliphatic rings. The van der Waals surface area contributed by atoms with Crippen LogP contribution in [0.2, 0.25) is 5.15 Å². The van der Waals surface area contributed by atoms with E-state index in [4.69, 9.17) is 16.3 Å². The Morgan fingerprint density at radius 3 is 2.72 bits per heavy atom. The van der Waals surface area contributed by atoms with E-state index in [1.54, 1.807) is 7.11 Å². The van der Waals surface area contributed by atoms with Gasteiger partial charge in [0.2, 0.25) is 0 Å². The Morgan fingerprint density at radius 2 is 2.22 bits per heavy atom. The Hall–Kier alpha value is -0.850. The van der Waals surface area contributed by atoms with Crippen LogP contribution in [-0.4, -0.2) is 44.4 Å². The number of carbonyl (C=O) groups is 1. The zero-order chi connectivity index (χ0) is 13.7. The average Bonchev–Trinajstić information content (AvgIpc) is 2.71. The summed E-state index contributed by atoms with van der Waals surface area (Å²) in [5, 5.41) is 0.886. The van der Waals surface area contributed by atoms with Crippen LogP contribution in [0.5, 0.6) is 0 Å². The Bertz CT molecular complexity index is 411. The number of carbonyl (C=O) groups excluding carboxylic acids is 1. The number of ether oxygens (including phenoxy) is 2. The third-order valence-electron chi connectivity index (χ3n) is 2.47. The molecule has 0 aliphatic heterocycles. The number of esters is 1. The van der Waals surface area contributed by atoms with E-state index in [9.17, 15) is 4.79 Å². The van der Waals surface area contributed by atoms with Crippen LogP contribution >= 0.6 is 22.9 Å². The van der Waals surface area contributed by atoms with Gasteiger partial charge in [0.25, 0.3) is 0 Å². The summed E-state index contributed by atoms with van der Waals surface area (Å²) in [5.41, 5.74) is 0. The molecule has 0 N–H and O–H groups in total. The number of methoxy groups -OCH3 is 2. The SMILES string of the molecule is CCN(c1nc(Cl)c(C(=O)OC)s1)C(C)COC. The molecule has 1 unspecified atom stereocenters. The summed E-state index contributed by atoms with van der Waals surface area (Å²) in [6, 6.07) is 0.160. The number of likely N-dealkylation sites (N-methyl/N-ethyl adjacent to an activating group) is 1. The lowest BCUT2D eigenvalue weighted by atomic mass is 10.3. The number of thiazole rings is 1. The molecule has 1 heterocycles. The number of rotatable bonds is 6. The molecule has 0 bridgehead atoms. The number of nitrogens with zero attached hydrogens (tertiary/aromatic N) is 2. The maximum atomic E-state index is 11.5. The Labute approximate surface area is 116 Å². The van der Waals surface area contributed by atoms with E-state index < -0.39 is 5.97 Å². The van der Waals surface area contributed by atoms with E-state index >= 15 is 0 Å². The van der Waals surface area contributed by atoms with Crippen molar-refractivity contribution >= 4 is 34.0 Å². The molecular formula is C11H17ClN2O3S. The van der Waals surface area contributed by atoms with Gasteiger partial charge in [-0.3, -0.25) is 0 Å². The van der Waals surface area contributed by atoms with Gasteiger partial charge in [0.05, 0.1) is 19.8 Å². The number of hydrogen-bond acceptors (Lipinski definition) is 6.